The van der Waals surface area contributed by atoms with Gasteiger partial charge in [-0.05, 0) is 69.2 Å². The maximum Gasteiger partial charge on any atom is 0.115 e. The SMILES string of the molecule is CCN(CC)c1ccc(-n2nc3cc(C)c(N)cc3n2)c(C)c1. The molecule has 23 heavy (non-hydrogen) atoms. The average molecular weight is 309 g/mol. The number of hydrogen-bond donors (Lipinski definition) is 1. The second-order valence-electron chi connectivity index (χ2n) is 5.83. The lowest BCUT2D eigenvalue weighted by molar-refractivity contribution is 0.759. The van der Waals surface area contributed by atoms with Gasteiger partial charge in [-0.25, -0.2) is 0 Å². The molecular formula is C18H23N5. The average Bonchev–Trinajstić information content (AvgIpc) is 2.91. The van der Waals surface area contributed by atoms with Crippen molar-refractivity contribution in [2.45, 2.75) is 27.7 Å². The second-order valence-corrected chi connectivity index (χ2v) is 5.83. The molecule has 0 saturated carbocycles. The van der Waals surface area contributed by atoms with Gasteiger partial charge in [-0.2, -0.15) is 4.80 Å². The van der Waals surface area contributed by atoms with Crippen molar-refractivity contribution in [3.05, 3.63) is 41.5 Å². The number of rotatable bonds is 4. The van der Waals surface area contributed by atoms with E-state index in [-0.39, 0.29) is 0 Å². The van der Waals surface area contributed by atoms with E-state index in [0.29, 0.717) is 0 Å². The van der Waals surface area contributed by atoms with E-state index >= 15 is 0 Å². The van der Waals surface area contributed by atoms with Gasteiger partial charge in [0.2, 0.25) is 0 Å². The summed E-state index contributed by atoms with van der Waals surface area (Å²) in [4.78, 5) is 4.03. The molecule has 0 spiro atoms. The van der Waals surface area contributed by atoms with Crippen molar-refractivity contribution < 1.29 is 0 Å². The quantitative estimate of drug-likeness (QED) is 0.750. The Kier molecular flexibility index (Phi) is 3.94. The van der Waals surface area contributed by atoms with Crippen molar-refractivity contribution in [3.8, 4) is 5.69 Å². The molecule has 120 valence electrons. The number of nitrogen functional groups attached to an aromatic ring is 1. The molecule has 0 aliphatic rings. The van der Waals surface area contributed by atoms with Crippen molar-refractivity contribution in [2.24, 2.45) is 0 Å². The summed E-state index contributed by atoms with van der Waals surface area (Å²) < 4.78 is 0. The molecule has 3 rings (SSSR count). The molecule has 0 bridgehead atoms. The van der Waals surface area contributed by atoms with Crippen LogP contribution in [0.25, 0.3) is 16.7 Å². The van der Waals surface area contributed by atoms with Gasteiger partial charge in [0.1, 0.15) is 11.0 Å². The third kappa shape index (κ3) is 2.74. The third-order valence-corrected chi connectivity index (χ3v) is 4.29. The van der Waals surface area contributed by atoms with Crippen LogP contribution in [0, 0.1) is 13.8 Å². The minimum Gasteiger partial charge on any atom is -0.398 e. The molecule has 5 heteroatoms. The second kappa shape index (κ2) is 5.91. The van der Waals surface area contributed by atoms with Crippen LogP contribution in [0.1, 0.15) is 25.0 Å². The summed E-state index contributed by atoms with van der Waals surface area (Å²) in [6.07, 6.45) is 0. The number of hydrogen-bond acceptors (Lipinski definition) is 4. The Morgan fingerprint density at radius 1 is 0.957 bits per heavy atom. The van der Waals surface area contributed by atoms with E-state index in [1.807, 2.05) is 19.1 Å². The smallest absolute Gasteiger partial charge is 0.115 e. The number of aromatic nitrogens is 3. The van der Waals surface area contributed by atoms with Crippen LogP contribution in [0.3, 0.4) is 0 Å². The summed E-state index contributed by atoms with van der Waals surface area (Å²) in [6, 6.07) is 10.3. The van der Waals surface area contributed by atoms with Crippen LogP contribution in [-0.4, -0.2) is 28.1 Å². The van der Waals surface area contributed by atoms with Crippen LogP contribution in [0.4, 0.5) is 11.4 Å². The molecular weight excluding hydrogens is 286 g/mol. The van der Waals surface area contributed by atoms with Gasteiger partial charge < -0.3 is 10.6 Å². The largest absolute Gasteiger partial charge is 0.398 e. The van der Waals surface area contributed by atoms with Crippen LogP contribution in [0.5, 0.6) is 0 Å². The molecule has 0 aliphatic heterocycles. The van der Waals surface area contributed by atoms with E-state index in [4.69, 9.17) is 5.73 Å². The van der Waals surface area contributed by atoms with E-state index in [9.17, 15) is 0 Å². The Morgan fingerprint density at radius 3 is 2.22 bits per heavy atom. The molecule has 0 aliphatic carbocycles. The van der Waals surface area contributed by atoms with Crippen molar-refractivity contribution >= 4 is 22.4 Å². The number of anilines is 2. The van der Waals surface area contributed by atoms with Gasteiger partial charge in [-0.1, -0.05) is 0 Å². The van der Waals surface area contributed by atoms with Crippen LogP contribution < -0.4 is 10.6 Å². The highest BCUT2D eigenvalue weighted by Gasteiger charge is 2.10. The van der Waals surface area contributed by atoms with Gasteiger partial charge in [0.15, 0.2) is 0 Å². The topological polar surface area (TPSA) is 60.0 Å². The Balaban J connectivity index is 2.05. The molecule has 1 heterocycles. The first-order valence-corrected chi connectivity index (χ1v) is 8.02. The lowest BCUT2D eigenvalue weighted by Gasteiger charge is -2.22. The summed E-state index contributed by atoms with van der Waals surface area (Å²) in [5, 5.41) is 9.17. The monoisotopic (exact) mass is 309 g/mol. The molecule has 2 aromatic carbocycles. The molecule has 2 N–H and O–H groups in total. The van der Waals surface area contributed by atoms with E-state index < -0.39 is 0 Å². The highest BCUT2D eigenvalue weighted by atomic mass is 15.5. The van der Waals surface area contributed by atoms with E-state index in [1.54, 1.807) is 4.80 Å². The normalized spacial score (nSPS) is 11.1. The fraction of sp³-hybridized carbons (Fsp3) is 0.333. The fourth-order valence-corrected chi connectivity index (χ4v) is 2.84. The zero-order chi connectivity index (χ0) is 16.6. The summed E-state index contributed by atoms with van der Waals surface area (Å²) in [6.45, 7) is 10.4. The lowest BCUT2D eigenvalue weighted by atomic mass is 10.1. The summed E-state index contributed by atoms with van der Waals surface area (Å²) >= 11 is 0. The number of aryl methyl sites for hydroxylation is 2. The van der Waals surface area contributed by atoms with Gasteiger partial charge in [0.25, 0.3) is 0 Å². The molecule has 5 nitrogen and oxygen atoms in total. The summed E-state index contributed by atoms with van der Waals surface area (Å²) in [7, 11) is 0. The molecule has 0 saturated heterocycles. The minimum atomic E-state index is 0.748. The van der Waals surface area contributed by atoms with Gasteiger partial charge in [-0.3, -0.25) is 0 Å². The molecule has 0 unspecified atom stereocenters. The number of nitrogens with zero attached hydrogens (tertiary/aromatic N) is 4. The first-order chi connectivity index (χ1) is 11.0. The fourth-order valence-electron chi connectivity index (χ4n) is 2.84. The lowest BCUT2D eigenvalue weighted by Crippen LogP contribution is -2.21. The van der Waals surface area contributed by atoms with Crippen molar-refractivity contribution in [1.29, 1.82) is 0 Å². The molecule has 1 aromatic heterocycles. The van der Waals surface area contributed by atoms with Crippen molar-refractivity contribution in [1.82, 2.24) is 15.0 Å². The zero-order valence-electron chi connectivity index (χ0n) is 14.2. The third-order valence-electron chi connectivity index (χ3n) is 4.29. The number of fused-ring (bicyclic) bond motifs is 1. The van der Waals surface area contributed by atoms with Gasteiger partial charge in [-0.15, -0.1) is 10.2 Å². The van der Waals surface area contributed by atoms with E-state index in [0.717, 1.165) is 46.6 Å². The van der Waals surface area contributed by atoms with Crippen LogP contribution in [0.2, 0.25) is 0 Å². The molecule has 0 atom stereocenters. The number of nitrogens with two attached hydrogens (primary N) is 1. The van der Waals surface area contributed by atoms with E-state index in [1.165, 1.54) is 5.69 Å². The highest BCUT2D eigenvalue weighted by Crippen LogP contribution is 2.23. The first kappa shape index (κ1) is 15.3. The molecule has 0 radical (unpaired) electrons. The molecule has 3 aromatic rings. The molecule has 0 amide bonds. The van der Waals surface area contributed by atoms with Crippen LogP contribution in [-0.2, 0) is 0 Å². The number of benzene rings is 2. The van der Waals surface area contributed by atoms with Crippen LogP contribution in [0.15, 0.2) is 30.3 Å². The van der Waals surface area contributed by atoms with Gasteiger partial charge in [0.05, 0.1) is 5.69 Å². The van der Waals surface area contributed by atoms with Crippen LogP contribution >= 0.6 is 0 Å². The Labute approximate surface area is 136 Å². The van der Waals surface area contributed by atoms with Crippen molar-refractivity contribution in [3.63, 3.8) is 0 Å². The molecule has 0 fully saturated rings. The standard InChI is InChI=1S/C18H23N5/c1-5-22(6-2)14-7-8-18(13(4)9-14)23-20-16-10-12(3)15(19)11-17(16)21-23/h7-11H,5-6,19H2,1-4H3. The van der Waals surface area contributed by atoms with Gasteiger partial charge in [0, 0.05) is 24.5 Å². The highest BCUT2D eigenvalue weighted by molar-refractivity contribution is 5.79. The van der Waals surface area contributed by atoms with E-state index in [2.05, 4.69) is 54.1 Å². The maximum absolute atomic E-state index is 5.96. The minimum absolute atomic E-state index is 0.748. The maximum atomic E-state index is 5.96. The van der Waals surface area contributed by atoms with Gasteiger partial charge >= 0.3 is 0 Å². The predicted octanol–water partition coefficient (Wildman–Crippen LogP) is 3.47. The summed E-state index contributed by atoms with van der Waals surface area (Å²) in [5.74, 6) is 0. The van der Waals surface area contributed by atoms with Crippen molar-refractivity contribution in [2.75, 3.05) is 23.7 Å². The zero-order valence-corrected chi connectivity index (χ0v) is 14.2. The first-order valence-electron chi connectivity index (χ1n) is 8.02. The predicted molar refractivity (Wildman–Crippen MR) is 96.3 cm³/mol. The Morgan fingerprint density at radius 2 is 1.61 bits per heavy atom. The summed E-state index contributed by atoms with van der Waals surface area (Å²) in [5.41, 5.74) is 12.8. The Bertz CT molecular complexity index is 807. The Hall–Kier alpha value is -2.56.